The fraction of sp³-hybridized carbons (Fsp3) is 0.357. The summed E-state index contributed by atoms with van der Waals surface area (Å²) in [6, 6.07) is 7.54. The zero-order valence-electron chi connectivity index (χ0n) is 11.1. The van der Waals surface area contributed by atoms with Crippen LogP contribution in [0.4, 0.5) is 0 Å². The van der Waals surface area contributed by atoms with Gasteiger partial charge in [-0.15, -0.1) is 0 Å². The molecular weight excluding hydrogens is 264 g/mol. The lowest BCUT2D eigenvalue weighted by Crippen LogP contribution is -2.19. The van der Waals surface area contributed by atoms with Gasteiger partial charge in [-0.05, 0) is 31.2 Å². The number of methoxy groups -OCH3 is 1. The minimum Gasteiger partial charge on any atom is -0.383 e. The number of nitrogens with one attached hydrogen (secondary N) is 1. The van der Waals surface area contributed by atoms with E-state index in [1.165, 1.54) is 0 Å². The first kappa shape index (κ1) is 14.1. The van der Waals surface area contributed by atoms with Gasteiger partial charge in [0.1, 0.15) is 5.69 Å². The van der Waals surface area contributed by atoms with Crippen molar-refractivity contribution in [1.82, 2.24) is 10.5 Å². The molecule has 0 radical (unpaired) electrons. The van der Waals surface area contributed by atoms with Crippen molar-refractivity contribution in [3.8, 4) is 11.3 Å². The Morgan fingerprint density at radius 3 is 2.74 bits per heavy atom. The highest BCUT2D eigenvalue weighted by atomic mass is 35.5. The molecular formula is C14H17ClN2O2. The standard InChI is InChI=1S/C14H17ClN2O2/c1-10-13(9-16-7-8-18-2)17-19-14(10)11-3-5-12(15)6-4-11/h3-6,16H,7-9H2,1-2H3. The van der Waals surface area contributed by atoms with E-state index in [1.807, 2.05) is 31.2 Å². The van der Waals surface area contributed by atoms with Crippen molar-refractivity contribution in [2.45, 2.75) is 13.5 Å². The van der Waals surface area contributed by atoms with Gasteiger partial charge in [-0.1, -0.05) is 16.8 Å². The van der Waals surface area contributed by atoms with Crippen molar-refractivity contribution in [1.29, 1.82) is 0 Å². The van der Waals surface area contributed by atoms with Crippen molar-refractivity contribution in [2.24, 2.45) is 0 Å². The average Bonchev–Trinajstić information content (AvgIpc) is 2.77. The number of nitrogens with zero attached hydrogens (tertiary/aromatic N) is 1. The largest absolute Gasteiger partial charge is 0.383 e. The third-order valence-electron chi connectivity index (χ3n) is 2.90. The second kappa shape index (κ2) is 6.70. The summed E-state index contributed by atoms with van der Waals surface area (Å²) in [4.78, 5) is 0. The molecule has 0 saturated carbocycles. The van der Waals surface area contributed by atoms with Crippen LogP contribution in [-0.4, -0.2) is 25.4 Å². The van der Waals surface area contributed by atoms with Crippen molar-refractivity contribution < 1.29 is 9.26 Å². The molecule has 19 heavy (non-hydrogen) atoms. The normalized spacial score (nSPS) is 10.9. The topological polar surface area (TPSA) is 47.3 Å². The number of rotatable bonds is 6. The predicted octanol–water partition coefficient (Wildman–Crippen LogP) is 3.04. The van der Waals surface area contributed by atoms with Crippen LogP contribution < -0.4 is 5.32 Å². The Bertz CT molecular complexity index is 523. The lowest BCUT2D eigenvalue weighted by Gasteiger charge is -2.02. The van der Waals surface area contributed by atoms with Crippen LogP contribution in [0.15, 0.2) is 28.8 Å². The molecule has 0 saturated heterocycles. The molecule has 1 aromatic carbocycles. The van der Waals surface area contributed by atoms with Crippen LogP contribution in [0, 0.1) is 6.92 Å². The maximum atomic E-state index is 5.87. The van der Waals surface area contributed by atoms with Gasteiger partial charge in [-0.3, -0.25) is 0 Å². The number of benzene rings is 1. The summed E-state index contributed by atoms with van der Waals surface area (Å²) in [5, 5.41) is 8.06. The highest BCUT2D eigenvalue weighted by molar-refractivity contribution is 6.30. The van der Waals surface area contributed by atoms with Gasteiger partial charge in [0, 0.05) is 36.3 Å². The Balaban J connectivity index is 2.07. The second-order valence-electron chi connectivity index (χ2n) is 4.26. The lowest BCUT2D eigenvalue weighted by molar-refractivity contribution is 0.199. The number of hydrogen-bond acceptors (Lipinski definition) is 4. The Morgan fingerprint density at radius 1 is 1.32 bits per heavy atom. The summed E-state index contributed by atoms with van der Waals surface area (Å²) in [6.45, 7) is 4.15. The highest BCUT2D eigenvalue weighted by Gasteiger charge is 2.13. The van der Waals surface area contributed by atoms with Crippen LogP contribution in [0.25, 0.3) is 11.3 Å². The van der Waals surface area contributed by atoms with E-state index in [0.717, 1.165) is 29.1 Å². The van der Waals surface area contributed by atoms with Gasteiger partial charge in [-0.2, -0.15) is 0 Å². The monoisotopic (exact) mass is 280 g/mol. The molecule has 2 aromatic rings. The molecule has 1 N–H and O–H groups in total. The van der Waals surface area contributed by atoms with Gasteiger partial charge >= 0.3 is 0 Å². The molecule has 0 unspecified atom stereocenters. The Morgan fingerprint density at radius 2 is 2.05 bits per heavy atom. The van der Waals surface area contributed by atoms with E-state index < -0.39 is 0 Å². The fourth-order valence-corrected chi connectivity index (χ4v) is 1.91. The molecule has 0 fully saturated rings. The molecule has 0 aliphatic rings. The zero-order chi connectivity index (χ0) is 13.7. The van der Waals surface area contributed by atoms with Gasteiger partial charge in [0.25, 0.3) is 0 Å². The number of aromatic nitrogens is 1. The first-order valence-corrected chi connectivity index (χ1v) is 6.51. The molecule has 2 rings (SSSR count). The molecule has 0 aliphatic heterocycles. The van der Waals surface area contributed by atoms with E-state index in [9.17, 15) is 0 Å². The summed E-state index contributed by atoms with van der Waals surface area (Å²) < 4.78 is 10.4. The van der Waals surface area contributed by atoms with E-state index in [1.54, 1.807) is 7.11 Å². The van der Waals surface area contributed by atoms with Gasteiger partial charge in [-0.25, -0.2) is 0 Å². The van der Waals surface area contributed by atoms with Crippen LogP contribution in [0.5, 0.6) is 0 Å². The number of hydrogen-bond donors (Lipinski definition) is 1. The van der Waals surface area contributed by atoms with E-state index in [2.05, 4.69) is 10.5 Å². The molecule has 0 atom stereocenters. The Kier molecular flexibility index (Phi) is 4.96. The van der Waals surface area contributed by atoms with Gasteiger partial charge in [0.15, 0.2) is 5.76 Å². The maximum Gasteiger partial charge on any atom is 0.170 e. The Labute approximate surface area is 117 Å². The maximum absolute atomic E-state index is 5.87. The first-order valence-electron chi connectivity index (χ1n) is 6.13. The second-order valence-corrected chi connectivity index (χ2v) is 4.70. The molecule has 0 amide bonds. The minimum atomic E-state index is 0.673. The van der Waals surface area contributed by atoms with Crippen LogP contribution in [0.2, 0.25) is 5.02 Å². The van der Waals surface area contributed by atoms with E-state index in [4.69, 9.17) is 20.9 Å². The molecule has 1 aromatic heterocycles. The molecule has 0 bridgehead atoms. The zero-order valence-corrected chi connectivity index (χ0v) is 11.8. The molecule has 4 nitrogen and oxygen atoms in total. The van der Waals surface area contributed by atoms with Crippen LogP contribution in [0.1, 0.15) is 11.3 Å². The number of halogens is 1. The average molecular weight is 281 g/mol. The highest BCUT2D eigenvalue weighted by Crippen LogP contribution is 2.26. The quantitative estimate of drug-likeness (QED) is 0.826. The van der Waals surface area contributed by atoms with Crippen molar-refractivity contribution in [2.75, 3.05) is 20.3 Å². The van der Waals surface area contributed by atoms with Crippen molar-refractivity contribution in [3.05, 3.63) is 40.5 Å². The van der Waals surface area contributed by atoms with Crippen LogP contribution >= 0.6 is 11.6 Å². The Hall–Kier alpha value is -1.36. The molecule has 0 aliphatic carbocycles. The fourth-order valence-electron chi connectivity index (χ4n) is 1.79. The predicted molar refractivity (Wildman–Crippen MR) is 75.3 cm³/mol. The summed E-state index contributed by atoms with van der Waals surface area (Å²) in [5.41, 5.74) is 2.95. The van der Waals surface area contributed by atoms with Gasteiger partial charge < -0.3 is 14.6 Å². The summed E-state index contributed by atoms with van der Waals surface area (Å²) >= 11 is 5.87. The summed E-state index contributed by atoms with van der Waals surface area (Å²) in [7, 11) is 1.68. The smallest absolute Gasteiger partial charge is 0.170 e. The van der Waals surface area contributed by atoms with E-state index in [0.29, 0.717) is 18.2 Å². The van der Waals surface area contributed by atoms with Gasteiger partial charge in [0.2, 0.25) is 0 Å². The lowest BCUT2D eigenvalue weighted by atomic mass is 10.1. The minimum absolute atomic E-state index is 0.673. The molecule has 1 heterocycles. The summed E-state index contributed by atoms with van der Waals surface area (Å²) in [6.07, 6.45) is 0. The molecule has 5 heteroatoms. The third kappa shape index (κ3) is 3.56. The van der Waals surface area contributed by atoms with Gasteiger partial charge in [0.05, 0.1) is 6.61 Å². The molecule has 102 valence electrons. The third-order valence-corrected chi connectivity index (χ3v) is 3.15. The van der Waals surface area contributed by atoms with Crippen LogP contribution in [0.3, 0.4) is 0 Å². The summed E-state index contributed by atoms with van der Waals surface area (Å²) in [5.74, 6) is 0.792. The van der Waals surface area contributed by atoms with E-state index in [-0.39, 0.29) is 0 Å². The SMILES string of the molecule is COCCNCc1noc(-c2ccc(Cl)cc2)c1C. The molecule has 0 spiro atoms. The van der Waals surface area contributed by atoms with E-state index >= 15 is 0 Å². The van der Waals surface area contributed by atoms with Crippen LogP contribution in [-0.2, 0) is 11.3 Å². The number of ether oxygens (including phenoxy) is 1. The van der Waals surface area contributed by atoms with Crippen molar-refractivity contribution in [3.63, 3.8) is 0 Å². The van der Waals surface area contributed by atoms with Crippen molar-refractivity contribution >= 4 is 11.6 Å². The first-order chi connectivity index (χ1) is 9.22.